The lowest BCUT2D eigenvalue weighted by atomic mass is 10.2. The Bertz CT molecular complexity index is 660. The number of nitrogens with one attached hydrogen (secondary N) is 1. The fourth-order valence-electron chi connectivity index (χ4n) is 2.27. The third kappa shape index (κ3) is 3.04. The number of anilines is 2. The summed E-state index contributed by atoms with van der Waals surface area (Å²) < 4.78 is 1.71. The van der Waals surface area contributed by atoms with Crippen molar-refractivity contribution < 1.29 is 4.79 Å². The molecular weight excluding hydrogens is 266 g/mol. The predicted molar refractivity (Wildman–Crippen MR) is 83.8 cm³/mol. The molecule has 0 saturated carbocycles. The van der Waals surface area contributed by atoms with Gasteiger partial charge in [0.25, 0.3) is 5.91 Å². The average Bonchev–Trinajstić information content (AvgIpc) is 2.72. The van der Waals surface area contributed by atoms with E-state index in [0.717, 1.165) is 29.3 Å². The van der Waals surface area contributed by atoms with Gasteiger partial charge >= 0.3 is 0 Å². The monoisotopic (exact) mass is 287 g/mol. The molecule has 0 spiro atoms. The minimum atomic E-state index is -0.154. The van der Waals surface area contributed by atoms with Gasteiger partial charge in [0.15, 0.2) is 0 Å². The Morgan fingerprint density at radius 2 is 2.14 bits per heavy atom. The van der Waals surface area contributed by atoms with Crippen LogP contribution in [0.15, 0.2) is 18.3 Å². The molecule has 0 saturated heterocycles. The SMILES string of the molecule is CCc1c(C)nn(C)c1NC(=O)c1ccnc(N(C)C)c1. The summed E-state index contributed by atoms with van der Waals surface area (Å²) in [5.74, 6) is 1.35. The molecule has 2 rings (SSSR count). The number of pyridine rings is 1. The molecule has 2 aromatic rings. The molecule has 0 aliphatic rings. The minimum Gasteiger partial charge on any atom is -0.363 e. The molecule has 6 heteroatoms. The lowest BCUT2D eigenvalue weighted by Gasteiger charge is -2.12. The summed E-state index contributed by atoms with van der Waals surface area (Å²) in [6.45, 7) is 4.00. The van der Waals surface area contributed by atoms with E-state index < -0.39 is 0 Å². The fraction of sp³-hybridized carbons (Fsp3) is 0.400. The van der Waals surface area contributed by atoms with E-state index in [1.165, 1.54) is 0 Å². The first kappa shape index (κ1) is 15.0. The number of rotatable bonds is 4. The van der Waals surface area contributed by atoms with Crippen LogP contribution in [0, 0.1) is 6.92 Å². The van der Waals surface area contributed by atoms with Crippen molar-refractivity contribution in [1.82, 2.24) is 14.8 Å². The summed E-state index contributed by atoms with van der Waals surface area (Å²) >= 11 is 0. The molecule has 0 aromatic carbocycles. The van der Waals surface area contributed by atoms with Crippen LogP contribution in [-0.4, -0.2) is 34.8 Å². The number of aromatic nitrogens is 3. The molecular formula is C15H21N5O. The topological polar surface area (TPSA) is 63.1 Å². The first-order valence-electron chi connectivity index (χ1n) is 6.91. The molecule has 0 unspecified atom stereocenters. The second-order valence-corrected chi connectivity index (χ2v) is 5.14. The zero-order chi connectivity index (χ0) is 15.6. The van der Waals surface area contributed by atoms with E-state index in [1.807, 2.05) is 33.0 Å². The standard InChI is InChI=1S/C15H21N5O/c1-6-12-10(2)18-20(5)14(12)17-15(21)11-7-8-16-13(9-11)19(3)4/h7-9H,6H2,1-5H3,(H,17,21). The largest absolute Gasteiger partial charge is 0.363 e. The van der Waals surface area contributed by atoms with Gasteiger partial charge in [-0.25, -0.2) is 4.98 Å². The smallest absolute Gasteiger partial charge is 0.257 e. The summed E-state index contributed by atoms with van der Waals surface area (Å²) in [4.78, 5) is 18.5. The minimum absolute atomic E-state index is 0.154. The molecule has 112 valence electrons. The maximum absolute atomic E-state index is 12.4. The van der Waals surface area contributed by atoms with Crippen LogP contribution in [0.25, 0.3) is 0 Å². The highest BCUT2D eigenvalue weighted by atomic mass is 16.1. The second kappa shape index (κ2) is 5.95. The molecule has 6 nitrogen and oxygen atoms in total. The van der Waals surface area contributed by atoms with Gasteiger partial charge in [-0.2, -0.15) is 5.10 Å². The van der Waals surface area contributed by atoms with Crippen molar-refractivity contribution >= 4 is 17.5 Å². The molecule has 1 amide bonds. The van der Waals surface area contributed by atoms with Gasteiger partial charge in [-0.1, -0.05) is 6.92 Å². The van der Waals surface area contributed by atoms with Gasteiger partial charge in [-0.15, -0.1) is 0 Å². The van der Waals surface area contributed by atoms with Crippen LogP contribution in [0.3, 0.4) is 0 Å². The van der Waals surface area contributed by atoms with Crippen molar-refractivity contribution in [2.24, 2.45) is 7.05 Å². The van der Waals surface area contributed by atoms with Gasteiger partial charge in [0.05, 0.1) is 5.69 Å². The molecule has 0 aliphatic heterocycles. The van der Waals surface area contributed by atoms with Crippen molar-refractivity contribution in [3.63, 3.8) is 0 Å². The molecule has 2 heterocycles. The van der Waals surface area contributed by atoms with E-state index in [-0.39, 0.29) is 5.91 Å². The molecule has 0 fully saturated rings. The average molecular weight is 287 g/mol. The van der Waals surface area contributed by atoms with Crippen LogP contribution >= 0.6 is 0 Å². The molecule has 21 heavy (non-hydrogen) atoms. The molecule has 0 aliphatic carbocycles. The Balaban J connectivity index is 2.28. The van der Waals surface area contributed by atoms with E-state index in [2.05, 4.69) is 22.3 Å². The highest BCUT2D eigenvalue weighted by molar-refractivity contribution is 6.04. The van der Waals surface area contributed by atoms with Gasteiger partial charge in [-0.3, -0.25) is 9.48 Å². The van der Waals surface area contributed by atoms with Crippen LogP contribution in [0.5, 0.6) is 0 Å². The lowest BCUT2D eigenvalue weighted by molar-refractivity contribution is 0.102. The van der Waals surface area contributed by atoms with Crippen LogP contribution in [-0.2, 0) is 13.5 Å². The van der Waals surface area contributed by atoms with Crippen molar-refractivity contribution in [3.05, 3.63) is 35.2 Å². The fourth-order valence-corrected chi connectivity index (χ4v) is 2.27. The maximum atomic E-state index is 12.4. The van der Waals surface area contributed by atoms with E-state index in [0.29, 0.717) is 5.56 Å². The van der Waals surface area contributed by atoms with Crippen molar-refractivity contribution in [1.29, 1.82) is 0 Å². The van der Waals surface area contributed by atoms with E-state index in [4.69, 9.17) is 0 Å². The molecule has 1 N–H and O–H groups in total. The third-order valence-electron chi connectivity index (χ3n) is 3.40. The van der Waals surface area contributed by atoms with Crippen LogP contribution < -0.4 is 10.2 Å². The normalized spacial score (nSPS) is 10.5. The first-order valence-corrected chi connectivity index (χ1v) is 6.91. The van der Waals surface area contributed by atoms with E-state index >= 15 is 0 Å². The highest BCUT2D eigenvalue weighted by Crippen LogP contribution is 2.20. The number of aryl methyl sites for hydroxylation is 2. The number of carbonyl (C=O) groups is 1. The van der Waals surface area contributed by atoms with Gasteiger partial charge < -0.3 is 10.2 Å². The van der Waals surface area contributed by atoms with Gasteiger partial charge in [-0.05, 0) is 25.5 Å². The van der Waals surface area contributed by atoms with E-state index in [9.17, 15) is 4.79 Å². The Labute approximate surface area is 124 Å². The Morgan fingerprint density at radius 1 is 1.43 bits per heavy atom. The van der Waals surface area contributed by atoms with Gasteiger partial charge in [0, 0.05) is 38.5 Å². The quantitative estimate of drug-likeness (QED) is 0.934. The van der Waals surface area contributed by atoms with Crippen molar-refractivity contribution in [3.8, 4) is 0 Å². The summed E-state index contributed by atoms with van der Waals surface area (Å²) in [5, 5.41) is 7.30. The number of nitrogens with zero attached hydrogens (tertiary/aromatic N) is 4. The van der Waals surface area contributed by atoms with Crippen molar-refractivity contribution in [2.75, 3.05) is 24.3 Å². The third-order valence-corrected chi connectivity index (χ3v) is 3.40. The number of amides is 1. The summed E-state index contributed by atoms with van der Waals surface area (Å²) in [5.41, 5.74) is 2.58. The highest BCUT2D eigenvalue weighted by Gasteiger charge is 2.15. The number of hydrogen-bond acceptors (Lipinski definition) is 4. The van der Waals surface area contributed by atoms with Crippen LogP contribution in [0.1, 0.15) is 28.5 Å². The predicted octanol–water partition coefficient (Wildman–Crippen LogP) is 2.00. The Kier molecular flexibility index (Phi) is 4.26. The van der Waals surface area contributed by atoms with Crippen LogP contribution in [0.4, 0.5) is 11.6 Å². The Morgan fingerprint density at radius 3 is 2.76 bits per heavy atom. The zero-order valence-corrected chi connectivity index (χ0v) is 13.1. The first-order chi connectivity index (χ1) is 9.93. The summed E-state index contributed by atoms with van der Waals surface area (Å²) in [7, 11) is 5.62. The number of hydrogen-bond donors (Lipinski definition) is 1. The van der Waals surface area contributed by atoms with Crippen LogP contribution in [0.2, 0.25) is 0 Å². The molecule has 0 radical (unpaired) electrons. The summed E-state index contributed by atoms with van der Waals surface area (Å²) in [6.07, 6.45) is 2.47. The zero-order valence-electron chi connectivity index (χ0n) is 13.1. The van der Waals surface area contributed by atoms with Gasteiger partial charge in [0.2, 0.25) is 0 Å². The molecule has 0 bridgehead atoms. The second-order valence-electron chi connectivity index (χ2n) is 5.14. The lowest BCUT2D eigenvalue weighted by Crippen LogP contribution is -2.17. The van der Waals surface area contributed by atoms with E-state index in [1.54, 1.807) is 23.0 Å². The van der Waals surface area contributed by atoms with Crippen molar-refractivity contribution in [2.45, 2.75) is 20.3 Å². The number of carbonyl (C=O) groups excluding carboxylic acids is 1. The molecule has 2 aromatic heterocycles. The molecule has 0 atom stereocenters. The van der Waals surface area contributed by atoms with Gasteiger partial charge in [0.1, 0.15) is 11.6 Å². The maximum Gasteiger partial charge on any atom is 0.257 e. The Hall–Kier alpha value is -2.37. The summed E-state index contributed by atoms with van der Waals surface area (Å²) in [6, 6.07) is 3.47.